The lowest BCUT2D eigenvalue weighted by molar-refractivity contribution is 0.338. The summed E-state index contributed by atoms with van der Waals surface area (Å²) in [5, 5.41) is 0. The van der Waals surface area contributed by atoms with E-state index in [2.05, 4.69) is 14.9 Å². The third kappa shape index (κ3) is 3.24. The summed E-state index contributed by atoms with van der Waals surface area (Å²) in [6.45, 7) is 4.71. The van der Waals surface area contributed by atoms with Gasteiger partial charge < -0.3 is 16.4 Å². The summed E-state index contributed by atoms with van der Waals surface area (Å²) in [5.74, 6) is 0.773. The van der Waals surface area contributed by atoms with Gasteiger partial charge in [0.25, 0.3) is 0 Å². The largest absolute Gasteiger partial charge is 0.370 e. The fourth-order valence-electron chi connectivity index (χ4n) is 1.56. The van der Waals surface area contributed by atoms with E-state index in [4.69, 9.17) is 11.5 Å². The van der Waals surface area contributed by atoms with Gasteiger partial charge in [0.1, 0.15) is 0 Å². The first-order valence-corrected chi connectivity index (χ1v) is 5.13. The summed E-state index contributed by atoms with van der Waals surface area (Å²) in [4.78, 5) is 10.5. The fourth-order valence-corrected chi connectivity index (χ4v) is 1.56. The summed E-state index contributed by atoms with van der Waals surface area (Å²) in [5.41, 5.74) is 10.7. The molecule has 1 saturated heterocycles. The predicted molar refractivity (Wildman–Crippen MR) is 59.2 cm³/mol. The van der Waals surface area contributed by atoms with E-state index in [0.29, 0.717) is 12.5 Å². The van der Waals surface area contributed by atoms with E-state index >= 15 is 0 Å². The SMILES string of the molecule is CCN=C(N=C(N)N)N1CCCCC1. The van der Waals surface area contributed by atoms with Crippen LogP contribution in [0.15, 0.2) is 9.98 Å². The van der Waals surface area contributed by atoms with Crippen molar-refractivity contribution < 1.29 is 0 Å². The summed E-state index contributed by atoms with van der Waals surface area (Å²) >= 11 is 0. The summed E-state index contributed by atoms with van der Waals surface area (Å²) in [6, 6.07) is 0. The molecule has 0 bridgehead atoms. The lowest BCUT2D eigenvalue weighted by Gasteiger charge is -2.27. The highest BCUT2D eigenvalue weighted by Gasteiger charge is 2.13. The Morgan fingerprint density at radius 1 is 1.21 bits per heavy atom. The van der Waals surface area contributed by atoms with E-state index < -0.39 is 0 Å². The Morgan fingerprint density at radius 2 is 1.86 bits per heavy atom. The molecule has 0 amide bonds. The van der Waals surface area contributed by atoms with Crippen LogP contribution >= 0.6 is 0 Å². The van der Waals surface area contributed by atoms with Crippen molar-refractivity contribution in [3.8, 4) is 0 Å². The minimum Gasteiger partial charge on any atom is -0.370 e. The number of hydrogen-bond acceptors (Lipinski definition) is 1. The molecular weight excluding hydrogens is 178 g/mol. The summed E-state index contributed by atoms with van der Waals surface area (Å²) in [7, 11) is 0. The van der Waals surface area contributed by atoms with E-state index in [1.54, 1.807) is 0 Å². The maximum Gasteiger partial charge on any atom is 0.223 e. The van der Waals surface area contributed by atoms with E-state index in [1.807, 2.05) is 6.92 Å². The molecule has 0 aromatic carbocycles. The molecule has 0 radical (unpaired) electrons. The molecule has 5 nitrogen and oxygen atoms in total. The van der Waals surface area contributed by atoms with Crippen LogP contribution in [0.5, 0.6) is 0 Å². The van der Waals surface area contributed by atoms with Gasteiger partial charge in [0.15, 0.2) is 5.96 Å². The molecule has 0 aromatic heterocycles. The molecule has 1 rings (SSSR count). The number of aliphatic imine (C=N–C) groups is 2. The number of nitrogens with zero attached hydrogens (tertiary/aromatic N) is 3. The molecule has 1 aliphatic heterocycles. The fraction of sp³-hybridized carbons (Fsp3) is 0.778. The first-order valence-electron chi connectivity index (χ1n) is 5.13. The number of likely N-dealkylation sites (tertiary alicyclic amines) is 1. The molecule has 4 N–H and O–H groups in total. The van der Waals surface area contributed by atoms with Crippen molar-refractivity contribution in [2.45, 2.75) is 26.2 Å². The van der Waals surface area contributed by atoms with Gasteiger partial charge in [-0.15, -0.1) is 0 Å². The highest BCUT2D eigenvalue weighted by molar-refractivity contribution is 5.93. The Balaban J connectivity index is 2.66. The zero-order valence-corrected chi connectivity index (χ0v) is 8.74. The molecule has 0 aromatic rings. The van der Waals surface area contributed by atoms with Crippen LogP contribution in [0.25, 0.3) is 0 Å². The van der Waals surface area contributed by atoms with Gasteiger partial charge in [-0.2, -0.15) is 4.99 Å². The van der Waals surface area contributed by atoms with Crippen molar-refractivity contribution in [1.29, 1.82) is 0 Å². The second-order valence-corrected chi connectivity index (χ2v) is 3.36. The number of piperidine rings is 1. The molecule has 1 heterocycles. The van der Waals surface area contributed by atoms with Crippen LogP contribution in [0, 0.1) is 0 Å². The maximum absolute atomic E-state index is 5.35. The average Bonchev–Trinajstić information content (AvgIpc) is 2.18. The Kier molecular flexibility index (Phi) is 4.22. The number of hydrogen-bond donors (Lipinski definition) is 2. The third-order valence-corrected chi connectivity index (χ3v) is 2.17. The Hall–Kier alpha value is -1.26. The predicted octanol–water partition coefficient (Wildman–Crippen LogP) is 0.122. The van der Waals surface area contributed by atoms with Crippen molar-refractivity contribution in [3.63, 3.8) is 0 Å². The second-order valence-electron chi connectivity index (χ2n) is 3.36. The van der Waals surface area contributed by atoms with Crippen LogP contribution in [0.4, 0.5) is 0 Å². The van der Waals surface area contributed by atoms with Gasteiger partial charge in [-0.25, -0.2) is 0 Å². The van der Waals surface area contributed by atoms with Gasteiger partial charge >= 0.3 is 0 Å². The number of rotatable bonds is 1. The quantitative estimate of drug-likeness (QED) is 0.463. The average molecular weight is 197 g/mol. The highest BCUT2D eigenvalue weighted by atomic mass is 15.3. The molecule has 5 heteroatoms. The molecular formula is C9H19N5. The van der Waals surface area contributed by atoms with Crippen molar-refractivity contribution in [1.82, 2.24) is 4.90 Å². The van der Waals surface area contributed by atoms with Crippen molar-refractivity contribution >= 4 is 11.9 Å². The minimum atomic E-state index is 0.0859. The topological polar surface area (TPSA) is 80.0 Å². The normalized spacial score (nSPS) is 18.1. The van der Waals surface area contributed by atoms with Gasteiger partial charge in [0.2, 0.25) is 5.96 Å². The molecule has 1 aliphatic rings. The first kappa shape index (κ1) is 10.8. The highest BCUT2D eigenvalue weighted by Crippen LogP contribution is 2.09. The number of nitrogens with two attached hydrogens (primary N) is 2. The van der Waals surface area contributed by atoms with Crippen molar-refractivity contribution in [2.75, 3.05) is 19.6 Å². The molecule has 0 unspecified atom stereocenters. The molecule has 14 heavy (non-hydrogen) atoms. The molecule has 0 aliphatic carbocycles. The van der Waals surface area contributed by atoms with Crippen molar-refractivity contribution in [3.05, 3.63) is 0 Å². The third-order valence-electron chi connectivity index (χ3n) is 2.17. The molecule has 0 saturated carbocycles. The van der Waals surface area contributed by atoms with Gasteiger partial charge in [0, 0.05) is 19.6 Å². The molecule has 1 fully saturated rings. The summed E-state index contributed by atoms with van der Waals surface area (Å²) in [6.07, 6.45) is 3.68. The van der Waals surface area contributed by atoms with Gasteiger partial charge in [0.05, 0.1) is 0 Å². The van der Waals surface area contributed by atoms with E-state index in [0.717, 1.165) is 13.1 Å². The molecule has 0 spiro atoms. The van der Waals surface area contributed by atoms with Crippen LogP contribution in [0.2, 0.25) is 0 Å². The second kappa shape index (κ2) is 5.47. The zero-order valence-electron chi connectivity index (χ0n) is 8.74. The van der Waals surface area contributed by atoms with E-state index in [9.17, 15) is 0 Å². The maximum atomic E-state index is 5.35. The van der Waals surface area contributed by atoms with Crippen LogP contribution in [0.1, 0.15) is 26.2 Å². The zero-order chi connectivity index (χ0) is 10.4. The van der Waals surface area contributed by atoms with Crippen LogP contribution < -0.4 is 11.5 Å². The number of guanidine groups is 2. The Bertz CT molecular complexity index is 223. The van der Waals surface area contributed by atoms with Crippen LogP contribution in [-0.4, -0.2) is 36.5 Å². The minimum absolute atomic E-state index is 0.0859. The standard InChI is InChI=1S/C9H19N5/c1-2-12-9(13-8(10)11)14-6-4-3-5-7-14/h2-7H2,1H3,(H4,10,11,12,13). The molecule has 80 valence electrons. The first-order chi connectivity index (χ1) is 6.74. The van der Waals surface area contributed by atoms with Crippen LogP contribution in [0.3, 0.4) is 0 Å². The van der Waals surface area contributed by atoms with Crippen LogP contribution in [-0.2, 0) is 0 Å². The van der Waals surface area contributed by atoms with Gasteiger partial charge in [-0.1, -0.05) is 0 Å². The van der Waals surface area contributed by atoms with E-state index in [-0.39, 0.29) is 5.96 Å². The lowest BCUT2D eigenvalue weighted by atomic mass is 10.1. The Morgan fingerprint density at radius 3 is 2.36 bits per heavy atom. The smallest absolute Gasteiger partial charge is 0.223 e. The molecule has 0 atom stereocenters. The lowest BCUT2D eigenvalue weighted by Crippen LogP contribution is -2.37. The van der Waals surface area contributed by atoms with Gasteiger partial charge in [-0.3, -0.25) is 4.99 Å². The summed E-state index contributed by atoms with van der Waals surface area (Å²) < 4.78 is 0. The Labute approximate surface area is 84.9 Å². The van der Waals surface area contributed by atoms with Crippen molar-refractivity contribution in [2.24, 2.45) is 21.5 Å². The van der Waals surface area contributed by atoms with E-state index in [1.165, 1.54) is 19.3 Å². The van der Waals surface area contributed by atoms with Gasteiger partial charge in [-0.05, 0) is 26.2 Å². The monoisotopic (exact) mass is 197 g/mol.